The molecule has 1 amide bonds. The van der Waals surface area contributed by atoms with Crippen molar-refractivity contribution in [3.63, 3.8) is 0 Å². The van der Waals surface area contributed by atoms with Gasteiger partial charge in [-0.05, 0) is 54.6 Å². The molecule has 1 aliphatic heterocycles. The van der Waals surface area contributed by atoms with Crippen molar-refractivity contribution in [2.45, 2.75) is 4.90 Å². The fourth-order valence-electron chi connectivity index (χ4n) is 3.75. The number of hydrogen-bond donors (Lipinski definition) is 0. The molecule has 6 nitrogen and oxygen atoms in total. The second-order valence-electron chi connectivity index (χ2n) is 7.65. The first-order valence-corrected chi connectivity index (χ1v) is 12.7. The number of sulfonamides is 1. The predicted molar refractivity (Wildman–Crippen MR) is 133 cm³/mol. The SMILES string of the molecule is O=C(CN(c1ccc(Cl)cc1)S(=O)(=O)c1ccccc1)N1CCN(c2cccc(Cl)c2)CC1. The van der Waals surface area contributed by atoms with Gasteiger partial charge in [-0.1, -0.05) is 47.5 Å². The Balaban J connectivity index is 1.52. The van der Waals surface area contributed by atoms with Gasteiger partial charge in [-0.3, -0.25) is 9.10 Å². The van der Waals surface area contributed by atoms with Crippen LogP contribution in [0.5, 0.6) is 0 Å². The van der Waals surface area contributed by atoms with Crippen LogP contribution in [0.1, 0.15) is 0 Å². The number of hydrogen-bond acceptors (Lipinski definition) is 4. The molecule has 0 bridgehead atoms. The van der Waals surface area contributed by atoms with E-state index in [9.17, 15) is 13.2 Å². The number of anilines is 2. The van der Waals surface area contributed by atoms with Crippen LogP contribution in [0.3, 0.4) is 0 Å². The molecule has 0 spiro atoms. The maximum atomic E-state index is 13.4. The molecule has 33 heavy (non-hydrogen) atoms. The molecule has 1 aliphatic rings. The Kier molecular flexibility index (Phi) is 7.12. The molecule has 0 N–H and O–H groups in total. The van der Waals surface area contributed by atoms with Crippen LogP contribution in [0.25, 0.3) is 0 Å². The zero-order valence-electron chi connectivity index (χ0n) is 17.8. The molecule has 0 unspecified atom stereocenters. The van der Waals surface area contributed by atoms with Gasteiger partial charge in [-0.25, -0.2) is 8.42 Å². The fraction of sp³-hybridized carbons (Fsp3) is 0.208. The summed E-state index contributed by atoms with van der Waals surface area (Å²) in [5, 5.41) is 1.15. The number of piperazine rings is 1. The Morgan fingerprint density at radius 2 is 1.48 bits per heavy atom. The molecule has 1 heterocycles. The van der Waals surface area contributed by atoms with Crippen LogP contribution in [-0.2, 0) is 14.8 Å². The van der Waals surface area contributed by atoms with E-state index in [1.807, 2.05) is 24.3 Å². The summed E-state index contributed by atoms with van der Waals surface area (Å²) in [4.78, 5) is 17.2. The molecule has 9 heteroatoms. The van der Waals surface area contributed by atoms with E-state index in [4.69, 9.17) is 23.2 Å². The molecule has 1 fully saturated rings. The van der Waals surface area contributed by atoms with Crippen molar-refractivity contribution in [1.29, 1.82) is 0 Å². The van der Waals surface area contributed by atoms with Crippen LogP contribution < -0.4 is 9.21 Å². The zero-order valence-corrected chi connectivity index (χ0v) is 20.1. The van der Waals surface area contributed by atoms with Crippen molar-refractivity contribution in [2.75, 3.05) is 41.9 Å². The van der Waals surface area contributed by atoms with Gasteiger partial charge in [0.1, 0.15) is 6.54 Å². The Labute approximate surface area is 204 Å². The molecule has 0 atom stereocenters. The van der Waals surface area contributed by atoms with Gasteiger partial charge in [0.05, 0.1) is 10.6 Å². The number of carbonyl (C=O) groups excluding carboxylic acids is 1. The molecule has 1 saturated heterocycles. The summed E-state index contributed by atoms with van der Waals surface area (Å²) in [5.41, 5.74) is 1.39. The number of halogens is 2. The highest BCUT2D eigenvalue weighted by molar-refractivity contribution is 7.92. The summed E-state index contributed by atoms with van der Waals surface area (Å²) >= 11 is 12.1. The van der Waals surface area contributed by atoms with Crippen molar-refractivity contribution in [3.05, 3.63) is 88.9 Å². The molecule has 3 aromatic carbocycles. The Morgan fingerprint density at radius 1 is 0.818 bits per heavy atom. The van der Waals surface area contributed by atoms with Crippen LogP contribution in [0, 0.1) is 0 Å². The van der Waals surface area contributed by atoms with E-state index in [0.29, 0.717) is 41.9 Å². The minimum absolute atomic E-state index is 0.124. The summed E-state index contributed by atoms with van der Waals surface area (Å²) < 4.78 is 28.0. The van der Waals surface area contributed by atoms with Crippen LogP contribution >= 0.6 is 23.2 Å². The second kappa shape index (κ2) is 10.0. The Morgan fingerprint density at radius 3 is 2.12 bits per heavy atom. The van der Waals surface area contributed by atoms with Gasteiger partial charge >= 0.3 is 0 Å². The van der Waals surface area contributed by atoms with E-state index in [1.54, 1.807) is 47.4 Å². The zero-order chi connectivity index (χ0) is 23.4. The topological polar surface area (TPSA) is 60.9 Å². The van der Waals surface area contributed by atoms with Gasteiger partial charge in [-0.2, -0.15) is 0 Å². The maximum Gasteiger partial charge on any atom is 0.264 e. The van der Waals surface area contributed by atoms with E-state index in [0.717, 1.165) is 9.99 Å². The first kappa shape index (κ1) is 23.4. The first-order valence-electron chi connectivity index (χ1n) is 10.5. The number of rotatable bonds is 6. The van der Waals surface area contributed by atoms with Crippen molar-refractivity contribution >= 4 is 50.5 Å². The fourth-order valence-corrected chi connectivity index (χ4v) is 5.50. The van der Waals surface area contributed by atoms with Crippen LogP contribution in [-0.4, -0.2) is 51.9 Å². The lowest BCUT2D eigenvalue weighted by atomic mass is 10.2. The largest absolute Gasteiger partial charge is 0.368 e. The molecule has 0 aliphatic carbocycles. The van der Waals surface area contributed by atoms with E-state index in [1.165, 1.54) is 12.1 Å². The number of amides is 1. The second-order valence-corrected chi connectivity index (χ2v) is 10.4. The van der Waals surface area contributed by atoms with Gasteiger partial charge in [0.2, 0.25) is 5.91 Å². The van der Waals surface area contributed by atoms with E-state index in [2.05, 4.69) is 4.90 Å². The molecule has 0 radical (unpaired) electrons. The van der Waals surface area contributed by atoms with Crippen molar-refractivity contribution < 1.29 is 13.2 Å². The standard InChI is InChI=1S/C24H23Cl2N3O3S/c25-19-9-11-21(12-10-19)29(33(31,32)23-7-2-1-3-8-23)18-24(30)28-15-13-27(14-16-28)22-6-4-5-20(26)17-22/h1-12,17H,13-16,18H2. The summed E-state index contributed by atoms with van der Waals surface area (Å²) in [6.07, 6.45) is 0. The minimum atomic E-state index is -3.94. The Bertz CT molecular complexity index is 1210. The predicted octanol–water partition coefficient (Wildman–Crippen LogP) is 4.54. The molecular weight excluding hydrogens is 481 g/mol. The summed E-state index contributed by atoms with van der Waals surface area (Å²) in [5.74, 6) is -0.254. The van der Waals surface area contributed by atoms with Crippen LogP contribution in [0.4, 0.5) is 11.4 Å². The molecule has 172 valence electrons. The lowest BCUT2D eigenvalue weighted by molar-refractivity contribution is -0.129. The number of nitrogens with zero attached hydrogens (tertiary/aromatic N) is 3. The minimum Gasteiger partial charge on any atom is -0.368 e. The van der Waals surface area contributed by atoms with E-state index in [-0.39, 0.29) is 17.3 Å². The van der Waals surface area contributed by atoms with Gasteiger partial charge in [-0.15, -0.1) is 0 Å². The van der Waals surface area contributed by atoms with Gasteiger partial charge in [0, 0.05) is 41.9 Å². The van der Waals surface area contributed by atoms with Gasteiger partial charge in [0.15, 0.2) is 0 Å². The third-order valence-corrected chi connectivity index (χ3v) is 7.81. The molecule has 3 aromatic rings. The van der Waals surface area contributed by atoms with Gasteiger partial charge in [0.25, 0.3) is 10.0 Å². The highest BCUT2D eigenvalue weighted by Gasteiger charge is 2.30. The quantitative estimate of drug-likeness (QED) is 0.495. The van der Waals surface area contributed by atoms with E-state index >= 15 is 0 Å². The van der Waals surface area contributed by atoms with Gasteiger partial charge < -0.3 is 9.80 Å². The molecular formula is C24H23Cl2N3O3S. The molecule has 0 aromatic heterocycles. The van der Waals surface area contributed by atoms with Crippen LogP contribution in [0.15, 0.2) is 83.8 Å². The third kappa shape index (κ3) is 5.43. The monoisotopic (exact) mass is 503 g/mol. The number of carbonyl (C=O) groups is 1. The maximum absolute atomic E-state index is 13.4. The van der Waals surface area contributed by atoms with Crippen molar-refractivity contribution in [3.8, 4) is 0 Å². The average Bonchev–Trinajstić information content (AvgIpc) is 2.83. The van der Waals surface area contributed by atoms with Crippen LogP contribution in [0.2, 0.25) is 10.0 Å². The van der Waals surface area contributed by atoms with E-state index < -0.39 is 10.0 Å². The highest BCUT2D eigenvalue weighted by Crippen LogP contribution is 2.26. The molecule has 4 rings (SSSR count). The average molecular weight is 504 g/mol. The normalized spacial score (nSPS) is 14.2. The smallest absolute Gasteiger partial charge is 0.264 e. The highest BCUT2D eigenvalue weighted by atomic mass is 35.5. The summed E-state index contributed by atoms with van der Waals surface area (Å²) in [6, 6.07) is 22.1. The van der Waals surface area contributed by atoms with Crippen molar-refractivity contribution in [1.82, 2.24) is 4.90 Å². The first-order chi connectivity index (χ1) is 15.8. The summed E-state index contributed by atoms with van der Waals surface area (Å²) in [6.45, 7) is 1.96. The lowest BCUT2D eigenvalue weighted by Crippen LogP contribution is -2.52. The summed E-state index contributed by atoms with van der Waals surface area (Å²) in [7, 11) is -3.94. The lowest BCUT2D eigenvalue weighted by Gasteiger charge is -2.37. The number of benzene rings is 3. The molecule has 0 saturated carbocycles. The third-order valence-electron chi connectivity index (χ3n) is 5.53. The Hall–Kier alpha value is -2.74. The van der Waals surface area contributed by atoms with Crippen molar-refractivity contribution in [2.24, 2.45) is 0 Å².